The van der Waals surface area contributed by atoms with Gasteiger partial charge < -0.3 is 9.80 Å². The largest absolute Gasteiger partial charge is 0.311 e. The van der Waals surface area contributed by atoms with Gasteiger partial charge in [-0.3, -0.25) is 0 Å². The first kappa shape index (κ1) is 30.0. The molecule has 2 heteroatoms. The zero-order valence-corrected chi connectivity index (χ0v) is 28.5. The lowest BCUT2D eigenvalue weighted by Gasteiger charge is -2.28. The predicted octanol–water partition coefficient (Wildman–Crippen LogP) is 14.3. The van der Waals surface area contributed by atoms with Crippen LogP contribution >= 0.6 is 0 Å². The summed E-state index contributed by atoms with van der Waals surface area (Å²) >= 11 is 0. The van der Waals surface area contributed by atoms with E-state index in [9.17, 15) is 0 Å². The predicted molar refractivity (Wildman–Crippen MR) is 222 cm³/mol. The van der Waals surface area contributed by atoms with Gasteiger partial charge in [-0.05, 0) is 116 Å². The first-order valence-electron chi connectivity index (χ1n) is 17.9. The van der Waals surface area contributed by atoms with E-state index < -0.39 is 0 Å². The van der Waals surface area contributed by atoms with Crippen molar-refractivity contribution in [1.82, 2.24) is 0 Å². The van der Waals surface area contributed by atoms with Crippen LogP contribution in [0.5, 0.6) is 0 Å². The number of benzene rings is 10. The average Bonchev–Trinajstić information content (AvgIpc) is 3.22. The lowest BCUT2D eigenvalue weighted by molar-refractivity contribution is 1.28. The van der Waals surface area contributed by atoms with Crippen molar-refractivity contribution in [2.45, 2.75) is 0 Å². The number of rotatable bonds is 7. The van der Waals surface area contributed by atoms with Gasteiger partial charge in [-0.1, -0.05) is 140 Å². The van der Waals surface area contributed by atoms with Crippen LogP contribution in [0.25, 0.3) is 54.2 Å². The van der Waals surface area contributed by atoms with Gasteiger partial charge in [0.05, 0.1) is 5.69 Å². The first-order chi connectivity index (χ1) is 25.8. The normalized spacial score (nSPS) is 11.5. The van der Waals surface area contributed by atoms with Gasteiger partial charge in [-0.2, -0.15) is 0 Å². The number of hydrogen-bond acceptors (Lipinski definition) is 2. The summed E-state index contributed by atoms with van der Waals surface area (Å²) in [7, 11) is 0. The van der Waals surface area contributed by atoms with Gasteiger partial charge in [-0.25, -0.2) is 0 Å². The highest BCUT2D eigenvalue weighted by molar-refractivity contribution is 6.28. The molecule has 0 radical (unpaired) electrons. The van der Waals surface area contributed by atoms with E-state index in [-0.39, 0.29) is 0 Å². The van der Waals surface area contributed by atoms with E-state index >= 15 is 0 Å². The second kappa shape index (κ2) is 12.5. The first-order valence-corrected chi connectivity index (χ1v) is 17.9. The summed E-state index contributed by atoms with van der Waals surface area (Å²) in [6.07, 6.45) is 0. The summed E-state index contributed by atoms with van der Waals surface area (Å²) in [6.45, 7) is 0. The maximum Gasteiger partial charge on any atom is 0.0540 e. The van der Waals surface area contributed by atoms with Crippen molar-refractivity contribution in [3.63, 3.8) is 0 Å². The fourth-order valence-corrected chi connectivity index (χ4v) is 7.94. The van der Waals surface area contributed by atoms with Crippen LogP contribution in [0.4, 0.5) is 34.1 Å². The third-order valence-corrected chi connectivity index (χ3v) is 10.4. The van der Waals surface area contributed by atoms with Crippen molar-refractivity contribution in [3.8, 4) is 11.1 Å². The van der Waals surface area contributed by atoms with Crippen LogP contribution in [0.3, 0.4) is 0 Å². The van der Waals surface area contributed by atoms with Crippen LogP contribution in [0.15, 0.2) is 206 Å². The number of anilines is 6. The van der Waals surface area contributed by atoms with Crippen LogP contribution in [-0.4, -0.2) is 0 Å². The minimum absolute atomic E-state index is 1.12. The molecule has 0 N–H and O–H groups in total. The summed E-state index contributed by atoms with van der Waals surface area (Å²) in [5, 5.41) is 10.1. The Kier molecular flexibility index (Phi) is 7.18. The van der Waals surface area contributed by atoms with Gasteiger partial charge in [-0.15, -0.1) is 0 Å². The van der Waals surface area contributed by atoms with E-state index in [0.29, 0.717) is 0 Å². The second-order valence-corrected chi connectivity index (χ2v) is 13.4. The second-order valence-electron chi connectivity index (χ2n) is 13.4. The third kappa shape index (κ3) is 5.04. The average molecular weight is 663 g/mol. The molecule has 0 spiro atoms. The van der Waals surface area contributed by atoms with Crippen molar-refractivity contribution in [2.24, 2.45) is 0 Å². The highest BCUT2D eigenvalue weighted by Crippen LogP contribution is 2.46. The van der Waals surface area contributed by atoms with Crippen molar-refractivity contribution in [2.75, 3.05) is 9.80 Å². The molecule has 0 fully saturated rings. The SMILES string of the molecule is c1ccc(N(c2ccccc2)c2ccc(-c3ccc4ccc5c(N(c6ccccc6)c6ccc7ccccc7c6)ccc6ccc3c4c65)cc2)cc1. The Labute approximate surface area is 303 Å². The van der Waals surface area contributed by atoms with Gasteiger partial charge in [0.15, 0.2) is 0 Å². The Morgan fingerprint density at radius 3 is 1.38 bits per heavy atom. The maximum absolute atomic E-state index is 2.41. The Hall–Kier alpha value is -6.90. The summed E-state index contributed by atoms with van der Waals surface area (Å²) in [4.78, 5) is 4.71. The molecule has 244 valence electrons. The molecule has 0 unspecified atom stereocenters. The summed E-state index contributed by atoms with van der Waals surface area (Å²) in [5.41, 5.74) is 9.26. The Morgan fingerprint density at radius 1 is 0.269 bits per heavy atom. The Morgan fingerprint density at radius 2 is 0.731 bits per heavy atom. The fourth-order valence-electron chi connectivity index (χ4n) is 7.94. The highest BCUT2D eigenvalue weighted by Gasteiger charge is 2.20. The van der Waals surface area contributed by atoms with E-state index in [1.165, 1.54) is 59.9 Å². The molecule has 0 aliphatic rings. The zero-order chi connectivity index (χ0) is 34.4. The quantitative estimate of drug-likeness (QED) is 0.157. The Balaban J connectivity index is 1.13. The minimum Gasteiger partial charge on any atom is -0.311 e. The summed E-state index contributed by atoms with van der Waals surface area (Å²) in [5.74, 6) is 0. The van der Waals surface area contributed by atoms with Crippen LogP contribution < -0.4 is 9.80 Å². The monoisotopic (exact) mass is 662 g/mol. The Bertz CT molecular complexity index is 2790. The molecule has 2 nitrogen and oxygen atoms in total. The zero-order valence-electron chi connectivity index (χ0n) is 28.5. The molecule has 0 heterocycles. The molecular formula is C50H34N2. The molecule has 10 aromatic rings. The maximum atomic E-state index is 2.41. The number of hydrogen-bond donors (Lipinski definition) is 0. The lowest BCUT2D eigenvalue weighted by atomic mass is 9.89. The van der Waals surface area contributed by atoms with Gasteiger partial charge >= 0.3 is 0 Å². The molecule has 0 aromatic heterocycles. The topological polar surface area (TPSA) is 6.48 Å². The summed E-state index contributed by atoms with van der Waals surface area (Å²) < 4.78 is 0. The van der Waals surface area contributed by atoms with E-state index in [1.807, 2.05) is 0 Å². The van der Waals surface area contributed by atoms with Gasteiger partial charge in [0.2, 0.25) is 0 Å². The van der Waals surface area contributed by atoms with E-state index in [4.69, 9.17) is 0 Å². The van der Waals surface area contributed by atoms with Gasteiger partial charge in [0.1, 0.15) is 0 Å². The van der Waals surface area contributed by atoms with Crippen molar-refractivity contribution >= 4 is 77.2 Å². The molecular weight excluding hydrogens is 629 g/mol. The standard InChI is InChI=1S/C50H34N2/c1-4-14-40(15-5-1)51(41-16-6-2-7-17-41)43-27-21-36(22-28-43)45-30-23-37-25-32-47-48(33-26-38-24-31-46(45)49(37)50(38)47)52(42-18-8-3-9-19-42)44-29-20-35-12-10-11-13-39(35)34-44/h1-34H. The molecule has 0 aliphatic heterocycles. The number of fused-ring (bicyclic) bond motifs is 1. The van der Waals surface area contributed by atoms with Crippen molar-refractivity contribution in [3.05, 3.63) is 206 Å². The molecule has 0 amide bonds. The van der Waals surface area contributed by atoms with Crippen LogP contribution in [0.1, 0.15) is 0 Å². The van der Waals surface area contributed by atoms with Crippen LogP contribution in [-0.2, 0) is 0 Å². The van der Waals surface area contributed by atoms with Gasteiger partial charge in [0, 0.05) is 33.8 Å². The molecule has 10 aromatic carbocycles. The van der Waals surface area contributed by atoms with Crippen molar-refractivity contribution < 1.29 is 0 Å². The number of nitrogens with zero attached hydrogens (tertiary/aromatic N) is 2. The van der Waals surface area contributed by atoms with Crippen LogP contribution in [0, 0.1) is 0 Å². The minimum atomic E-state index is 1.12. The van der Waals surface area contributed by atoms with Gasteiger partial charge in [0.25, 0.3) is 0 Å². The van der Waals surface area contributed by atoms with E-state index in [2.05, 4.69) is 216 Å². The number of para-hydroxylation sites is 3. The van der Waals surface area contributed by atoms with E-state index in [0.717, 1.165) is 28.4 Å². The molecule has 0 aliphatic carbocycles. The van der Waals surface area contributed by atoms with Crippen LogP contribution in [0.2, 0.25) is 0 Å². The third-order valence-electron chi connectivity index (χ3n) is 10.4. The molecule has 0 atom stereocenters. The van der Waals surface area contributed by atoms with Crippen molar-refractivity contribution in [1.29, 1.82) is 0 Å². The molecule has 52 heavy (non-hydrogen) atoms. The highest BCUT2D eigenvalue weighted by atomic mass is 15.1. The smallest absolute Gasteiger partial charge is 0.0540 e. The molecule has 0 bridgehead atoms. The summed E-state index contributed by atoms with van der Waals surface area (Å²) in [6, 6.07) is 74.6. The fraction of sp³-hybridized carbons (Fsp3) is 0. The van der Waals surface area contributed by atoms with E-state index in [1.54, 1.807) is 0 Å². The molecule has 10 rings (SSSR count). The molecule has 0 saturated carbocycles. The molecule has 0 saturated heterocycles. The lowest BCUT2D eigenvalue weighted by Crippen LogP contribution is -2.10.